The van der Waals surface area contributed by atoms with Crippen LogP contribution < -0.4 is 14.8 Å². The maximum Gasteiger partial charge on any atom is 0.264 e. The minimum Gasteiger partial charge on any atom is -0.494 e. The molecule has 1 aromatic heterocycles. The van der Waals surface area contributed by atoms with E-state index in [2.05, 4.69) is 52.9 Å². The molecule has 2 N–H and O–H groups in total. The number of hydrogen-bond donors (Lipinski definition) is 2. The Morgan fingerprint density at radius 2 is 1.58 bits per heavy atom. The smallest absolute Gasteiger partial charge is 0.264 e. The summed E-state index contributed by atoms with van der Waals surface area (Å²) < 4.78 is 33.4. The normalized spacial score (nSPS) is 11.7. The zero-order valence-corrected chi connectivity index (χ0v) is 22.3. The molecule has 2 aromatic carbocycles. The van der Waals surface area contributed by atoms with Crippen molar-refractivity contribution in [3.05, 3.63) is 71.5 Å². The van der Waals surface area contributed by atoms with Gasteiger partial charge in [0.05, 0.1) is 11.5 Å². The van der Waals surface area contributed by atoms with Gasteiger partial charge in [-0.3, -0.25) is 4.79 Å². The van der Waals surface area contributed by atoms with E-state index < -0.39 is 10.0 Å². The van der Waals surface area contributed by atoms with Crippen LogP contribution in [0.25, 0.3) is 0 Å². The van der Waals surface area contributed by atoms with Crippen molar-refractivity contribution in [2.45, 2.75) is 64.2 Å². The number of nitrogens with one attached hydrogen (secondary N) is 2. The van der Waals surface area contributed by atoms with Crippen LogP contribution in [0.5, 0.6) is 5.75 Å². The van der Waals surface area contributed by atoms with E-state index in [1.165, 1.54) is 17.7 Å². The van der Waals surface area contributed by atoms with E-state index in [0.29, 0.717) is 30.1 Å². The molecule has 192 valence electrons. The fourth-order valence-electron chi connectivity index (χ4n) is 3.52. The number of amides is 1. The lowest BCUT2D eigenvalue weighted by molar-refractivity contribution is -0.116. The molecule has 0 saturated heterocycles. The van der Waals surface area contributed by atoms with Gasteiger partial charge in [-0.2, -0.15) is 0 Å². The first-order chi connectivity index (χ1) is 17.0. The van der Waals surface area contributed by atoms with Gasteiger partial charge in [0.2, 0.25) is 11.9 Å². The highest BCUT2D eigenvalue weighted by molar-refractivity contribution is 7.92. The molecule has 36 heavy (non-hydrogen) atoms. The number of hydrogen-bond acceptors (Lipinski definition) is 6. The maximum absolute atomic E-state index is 12.6. The lowest BCUT2D eigenvalue weighted by Crippen LogP contribution is -2.16. The number of benzene rings is 2. The topological polar surface area (TPSA) is 110 Å². The highest BCUT2D eigenvalue weighted by Crippen LogP contribution is 2.28. The first-order valence-corrected chi connectivity index (χ1v) is 13.5. The van der Waals surface area contributed by atoms with Gasteiger partial charge in [-0.1, -0.05) is 32.9 Å². The Morgan fingerprint density at radius 3 is 2.17 bits per heavy atom. The molecule has 0 radical (unpaired) electrons. The Bertz CT molecular complexity index is 1270. The third kappa shape index (κ3) is 7.52. The van der Waals surface area contributed by atoms with Crippen molar-refractivity contribution in [2.75, 3.05) is 16.6 Å². The molecule has 1 amide bonds. The minimum atomic E-state index is -3.85. The van der Waals surface area contributed by atoms with E-state index in [9.17, 15) is 13.2 Å². The Hall–Kier alpha value is -3.46. The summed E-state index contributed by atoms with van der Waals surface area (Å²) >= 11 is 0. The number of ether oxygens (including phenoxy) is 1. The van der Waals surface area contributed by atoms with Gasteiger partial charge in [0.25, 0.3) is 10.0 Å². The maximum atomic E-state index is 12.6. The lowest BCUT2D eigenvalue weighted by Gasteiger charge is -2.23. The van der Waals surface area contributed by atoms with E-state index >= 15 is 0 Å². The van der Waals surface area contributed by atoms with Crippen LogP contribution in [0.2, 0.25) is 0 Å². The summed E-state index contributed by atoms with van der Waals surface area (Å²) in [6.45, 7) is 10.6. The molecule has 0 bridgehead atoms. The monoisotopic (exact) mass is 510 g/mol. The molecule has 0 fully saturated rings. The van der Waals surface area contributed by atoms with Gasteiger partial charge in [0, 0.05) is 23.5 Å². The number of aromatic nitrogens is 2. The van der Waals surface area contributed by atoms with Gasteiger partial charge in [-0.05, 0) is 80.1 Å². The fraction of sp³-hybridized carbons (Fsp3) is 0.370. The van der Waals surface area contributed by atoms with Crippen LogP contribution in [0.4, 0.5) is 11.6 Å². The first-order valence-electron chi connectivity index (χ1n) is 12.0. The summed E-state index contributed by atoms with van der Waals surface area (Å²) in [5.41, 5.74) is 3.24. The number of sulfonamides is 1. The molecule has 3 aromatic rings. The Balaban J connectivity index is 1.46. The molecule has 0 saturated carbocycles. The van der Waals surface area contributed by atoms with E-state index in [0.717, 1.165) is 12.2 Å². The molecule has 0 spiro atoms. The van der Waals surface area contributed by atoms with Gasteiger partial charge >= 0.3 is 0 Å². The lowest BCUT2D eigenvalue weighted by atomic mass is 9.82. The van der Waals surface area contributed by atoms with Crippen LogP contribution in [0, 0.1) is 13.8 Å². The number of rotatable bonds is 11. The van der Waals surface area contributed by atoms with E-state index in [1.807, 2.05) is 12.1 Å². The molecule has 0 atom stereocenters. The second-order valence-electron chi connectivity index (χ2n) is 9.37. The summed E-state index contributed by atoms with van der Waals surface area (Å²) in [7, 11) is -3.85. The van der Waals surface area contributed by atoms with Gasteiger partial charge in [-0.25, -0.2) is 23.1 Å². The molecule has 1 heterocycles. The summed E-state index contributed by atoms with van der Waals surface area (Å²) in [6.07, 6.45) is 1.90. The number of nitrogens with zero attached hydrogens (tertiary/aromatic N) is 2. The third-order valence-electron chi connectivity index (χ3n) is 5.99. The first kappa shape index (κ1) is 27.1. The number of carbonyl (C=O) groups excluding carboxylic acids is 1. The molecule has 9 heteroatoms. The largest absolute Gasteiger partial charge is 0.494 e. The van der Waals surface area contributed by atoms with Crippen molar-refractivity contribution in [2.24, 2.45) is 0 Å². The number of carbonyl (C=O) groups is 1. The van der Waals surface area contributed by atoms with Gasteiger partial charge in [-0.15, -0.1) is 0 Å². The van der Waals surface area contributed by atoms with Crippen LogP contribution >= 0.6 is 0 Å². The van der Waals surface area contributed by atoms with Crippen molar-refractivity contribution < 1.29 is 17.9 Å². The van der Waals surface area contributed by atoms with Gasteiger partial charge < -0.3 is 10.1 Å². The highest BCUT2D eigenvalue weighted by atomic mass is 32.2. The number of anilines is 2. The Kier molecular flexibility index (Phi) is 8.68. The van der Waals surface area contributed by atoms with Crippen LogP contribution in [0.15, 0.2) is 59.5 Å². The predicted molar refractivity (Wildman–Crippen MR) is 142 cm³/mol. The zero-order chi connectivity index (χ0) is 26.3. The summed E-state index contributed by atoms with van der Waals surface area (Å²) in [6, 6.07) is 15.8. The predicted octanol–water partition coefficient (Wildman–Crippen LogP) is 5.38. The van der Waals surface area contributed by atoms with E-state index in [1.54, 1.807) is 32.0 Å². The molecular weight excluding hydrogens is 476 g/mol. The van der Waals surface area contributed by atoms with Crippen molar-refractivity contribution in [3.8, 4) is 5.75 Å². The third-order valence-corrected chi connectivity index (χ3v) is 7.34. The Morgan fingerprint density at radius 1 is 0.972 bits per heavy atom. The standard InChI is InChI=1S/C27H34N4O4S/c1-6-27(4,5)21-9-13-23(14-10-21)35-17-7-8-25(32)30-22-11-15-24(16-12-22)36(33,34)31-26-28-19(2)18-20(3)29-26/h9-16,18H,6-8,17H2,1-5H3,(H,30,32)(H,28,29,31). The molecule has 8 nitrogen and oxygen atoms in total. The minimum absolute atomic E-state index is 0.0211. The van der Waals surface area contributed by atoms with Gasteiger partial charge in [0.15, 0.2) is 0 Å². The molecule has 0 aliphatic carbocycles. The molecular formula is C27H34N4O4S. The molecule has 0 aliphatic rings. The second-order valence-corrected chi connectivity index (χ2v) is 11.0. The van der Waals surface area contributed by atoms with Crippen molar-refractivity contribution in [3.63, 3.8) is 0 Å². The average Bonchev–Trinajstić information content (AvgIpc) is 2.81. The van der Waals surface area contributed by atoms with Crippen molar-refractivity contribution in [1.82, 2.24) is 9.97 Å². The van der Waals surface area contributed by atoms with Crippen LogP contribution in [0.3, 0.4) is 0 Å². The van der Waals surface area contributed by atoms with Crippen LogP contribution in [-0.2, 0) is 20.2 Å². The molecule has 3 rings (SSSR count). The highest BCUT2D eigenvalue weighted by Gasteiger charge is 2.18. The van der Waals surface area contributed by atoms with Crippen molar-refractivity contribution in [1.29, 1.82) is 0 Å². The van der Waals surface area contributed by atoms with E-state index in [4.69, 9.17) is 4.74 Å². The average molecular weight is 511 g/mol. The molecule has 0 unspecified atom stereocenters. The van der Waals surface area contributed by atoms with Crippen molar-refractivity contribution >= 4 is 27.6 Å². The van der Waals surface area contributed by atoms with E-state index in [-0.39, 0.29) is 28.6 Å². The Labute approximate surface area is 213 Å². The zero-order valence-electron chi connectivity index (χ0n) is 21.5. The summed E-state index contributed by atoms with van der Waals surface area (Å²) in [5, 5.41) is 2.78. The second kappa shape index (κ2) is 11.5. The van der Waals surface area contributed by atoms with Crippen LogP contribution in [-0.4, -0.2) is 30.9 Å². The van der Waals surface area contributed by atoms with Crippen LogP contribution in [0.1, 0.15) is 57.0 Å². The van der Waals surface area contributed by atoms with Gasteiger partial charge in [0.1, 0.15) is 5.75 Å². The quantitative estimate of drug-likeness (QED) is 0.335. The SMILES string of the molecule is CCC(C)(C)c1ccc(OCCCC(=O)Nc2ccc(S(=O)(=O)Nc3nc(C)cc(C)n3)cc2)cc1. The molecule has 0 aliphatic heterocycles. The number of aryl methyl sites for hydroxylation is 2. The summed E-state index contributed by atoms with van der Waals surface area (Å²) in [4.78, 5) is 20.5. The fourth-order valence-corrected chi connectivity index (χ4v) is 4.46. The summed E-state index contributed by atoms with van der Waals surface area (Å²) in [5.74, 6) is 0.631.